The Morgan fingerprint density at radius 3 is 2.80 bits per heavy atom. The summed E-state index contributed by atoms with van der Waals surface area (Å²) in [5, 5.41) is 0. The minimum absolute atomic E-state index is 0.511. The van der Waals surface area contributed by atoms with Crippen molar-refractivity contribution in [3.8, 4) is 10.4 Å². The highest BCUT2D eigenvalue weighted by atomic mass is 32.1. The smallest absolute Gasteiger partial charge is 0.161 e. The molecule has 1 aromatic carbocycles. The van der Waals surface area contributed by atoms with E-state index in [1.807, 2.05) is 18.2 Å². The predicted molar refractivity (Wildman–Crippen MR) is 83.3 cm³/mol. The fraction of sp³-hybridized carbons (Fsp3) is 0.143. The summed E-state index contributed by atoms with van der Waals surface area (Å²) in [6.07, 6.45) is 1.52. The number of hydrogen-bond acceptors (Lipinski definition) is 6. The number of hydrazine groups is 1. The first kappa shape index (κ1) is 13.0. The standard InChI is InChI=1S/C14H15N5S/c1-8-11-13(14(19-16)18-7-17-11)20-12(8)10-5-3-2-4-9(10)6-15/h2-5,7H,6,15-16H2,1H3,(H,17,18,19). The summed E-state index contributed by atoms with van der Waals surface area (Å²) < 4.78 is 0.967. The van der Waals surface area contributed by atoms with E-state index in [1.54, 1.807) is 11.3 Å². The Hall–Kier alpha value is -2.02. The van der Waals surface area contributed by atoms with Crippen LogP contribution in [0.3, 0.4) is 0 Å². The quantitative estimate of drug-likeness (QED) is 0.508. The van der Waals surface area contributed by atoms with Gasteiger partial charge in [-0.3, -0.25) is 0 Å². The van der Waals surface area contributed by atoms with Crippen LogP contribution in [-0.4, -0.2) is 9.97 Å². The number of rotatable bonds is 3. The number of thiophene rings is 1. The summed E-state index contributed by atoms with van der Waals surface area (Å²) in [5.41, 5.74) is 12.8. The molecule has 0 aliphatic heterocycles. The Morgan fingerprint density at radius 1 is 1.25 bits per heavy atom. The van der Waals surface area contributed by atoms with E-state index in [0.29, 0.717) is 12.4 Å². The molecule has 3 aromatic rings. The molecule has 20 heavy (non-hydrogen) atoms. The van der Waals surface area contributed by atoms with Gasteiger partial charge >= 0.3 is 0 Å². The first-order chi connectivity index (χ1) is 9.76. The van der Waals surface area contributed by atoms with E-state index in [0.717, 1.165) is 31.8 Å². The molecule has 0 saturated heterocycles. The number of nitrogens with two attached hydrogens (primary N) is 2. The Morgan fingerprint density at radius 2 is 2.05 bits per heavy atom. The Labute approximate surface area is 120 Å². The van der Waals surface area contributed by atoms with Gasteiger partial charge in [0.15, 0.2) is 5.82 Å². The van der Waals surface area contributed by atoms with Crippen LogP contribution in [0, 0.1) is 6.92 Å². The van der Waals surface area contributed by atoms with Gasteiger partial charge < -0.3 is 11.2 Å². The van der Waals surface area contributed by atoms with Crippen LogP contribution in [-0.2, 0) is 6.54 Å². The average molecular weight is 285 g/mol. The molecule has 0 bridgehead atoms. The molecule has 0 aliphatic carbocycles. The third-order valence-electron chi connectivity index (χ3n) is 3.32. The number of aromatic nitrogens is 2. The van der Waals surface area contributed by atoms with Crippen LogP contribution in [0.4, 0.5) is 5.82 Å². The summed E-state index contributed by atoms with van der Waals surface area (Å²) >= 11 is 1.63. The topological polar surface area (TPSA) is 89.8 Å². The van der Waals surface area contributed by atoms with Gasteiger partial charge in [0.2, 0.25) is 0 Å². The first-order valence-electron chi connectivity index (χ1n) is 6.25. The van der Waals surface area contributed by atoms with Crippen molar-refractivity contribution in [1.82, 2.24) is 9.97 Å². The monoisotopic (exact) mass is 285 g/mol. The average Bonchev–Trinajstić information content (AvgIpc) is 2.84. The summed E-state index contributed by atoms with van der Waals surface area (Å²) in [5.74, 6) is 6.17. The Kier molecular flexibility index (Phi) is 3.35. The predicted octanol–water partition coefficient (Wildman–Crippen LogP) is 2.41. The maximum Gasteiger partial charge on any atom is 0.161 e. The van der Waals surface area contributed by atoms with Gasteiger partial charge in [-0.1, -0.05) is 24.3 Å². The van der Waals surface area contributed by atoms with E-state index < -0.39 is 0 Å². The number of nitrogens with one attached hydrogen (secondary N) is 1. The van der Waals surface area contributed by atoms with Crippen LogP contribution in [0.25, 0.3) is 20.7 Å². The molecule has 0 unspecified atom stereocenters. The SMILES string of the molecule is Cc1c(-c2ccccc2CN)sc2c(NN)ncnc12. The largest absolute Gasteiger partial charge is 0.326 e. The van der Waals surface area contributed by atoms with Gasteiger partial charge in [0.05, 0.1) is 10.2 Å². The second-order valence-electron chi connectivity index (χ2n) is 4.46. The molecule has 0 saturated carbocycles. The van der Waals surface area contributed by atoms with Crippen molar-refractivity contribution < 1.29 is 0 Å². The van der Waals surface area contributed by atoms with Gasteiger partial charge in [0.25, 0.3) is 0 Å². The van der Waals surface area contributed by atoms with Gasteiger partial charge in [0.1, 0.15) is 6.33 Å². The first-order valence-corrected chi connectivity index (χ1v) is 7.07. The molecular weight excluding hydrogens is 270 g/mol. The van der Waals surface area contributed by atoms with Crippen molar-refractivity contribution in [2.45, 2.75) is 13.5 Å². The zero-order valence-electron chi connectivity index (χ0n) is 11.1. The van der Waals surface area contributed by atoms with Gasteiger partial charge in [-0.2, -0.15) is 0 Å². The lowest BCUT2D eigenvalue weighted by atomic mass is 10.0. The summed E-state index contributed by atoms with van der Waals surface area (Å²) in [6.45, 7) is 2.58. The summed E-state index contributed by atoms with van der Waals surface area (Å²) in [6, 6.07) is 8.16. The van der Waals surface area contributed by atoms with E-state index in [1.165, 1.54) is 6.33 Å². The van der Waals surface area contributed by atoms with E-state index in [-0.39, 0.29) is 0 Å². The number of benzene rings is 1. The van der Waals surface area contributed by atoms with Crippen molar-refractivity contribution in [1.29, 1.82) is 0 Å². The molecule has 102 valence electrons. The molecule has 0 amide bonds. The van der Waals surface area contributed by atoms with Crippen LogP contribution in [0.5, 0.6) is 0 Å². The van der Waals surface area contributed by atoms with Crippen molar-refractivity contribution in [3.63, 3.8) is 0 Å². The Balaban J connectivity index is 2.29. The van der Waals surface area contributed by atoms with Crippen molar-refractivity contribution >= 4 is 27.4 Å². The normalized spacial score (nSPS) is 10.9. The lowest BCUT2D eigenvalue weighted by Gasteiger charge is -2.06. The fourth-order valence-corrected chi connectivity index (χ4v) is 3.58. The third-order valence-corrected chi connectivity index (χ3v) is 4.64. The van der Waals surface area contributed by atoms with E-state index in [9.17, 15) is 0 Å². The number of aryl methyl sites for hydroxylation is 1. The molecule has 5 nitrogen and oxygen atoms in total. The van der Waals surface area contributed by atoms with Crippen LogP contribution >= 0.6 is 11.3 Å². The summed E-state index contributed by atoms with van der Waals surface area (Å²) in [4.78, 5) is 9.68. The van der Waals surface area contributed by atoms with Gasteiger partial charge in [-0.15, -0.1) is 11.3 Å². The summed E-state index contributed by atoms with van der Waals surface area (Å²) in [7, 11) is 0. The molecule has 2 aromatic heterocycles. The van der Waals surface area contributed by atoms with Crippen molar-refractivity contribution in [3.05, 3.63) is 41.7 Å². The van der Waals surface area contributed by atoms with Crippen LogP contribution in [0.1, 0.15) is 11.1 Å². The van der Waals surface area contributed by atoms with E-state index >= 15 is 0 Å². The highest BCUT2D eigenvalue weighted by Gasteiger charge is 2.16. The number of fused-ring (bicyclic) bond motifs is 1. The molecule has 0 atom stereocenters. The maximum absolute atomic E-state index is 5.83. The molecule has 2 heterocycles. The minimum atomic E-state index is 0.511. The fourth-order valence-electron chi connectivity index (χ4n) is 2.30. The zero-order chi connectivity index (χ0) is 14.1. The van der Waals surface area contributed by atoms with E-state index in [4.69, 9.17) is 11.6 Å². The molecule has 0 spiro atoms. The van der Waals surface area contributed by atoms with Crippen molar-refractivity contribution in [2.75, 3.05) is 5.43 Å². The third kappa shape index (κ3) is 1.94. The molecular formula is C14H15N5S. The molecule has 6 heteroatoms. The molecule has 0 fully saturated rings. The van der Waals surface area contributed by atoms with Crippen LogP contribution in [0.15, 0.2) is 30.6 Å². The maximum atomic E-state index is 5.83. The molecule has 0 radical (unpaired) electrons. The number of nitrogens with zero attached hydrogens (tertiary/aromatic N) is 2. The van der Waals surface area contributed by atoms with Crippen LogP contribution < -0.4 is 17.0 Å². The van der Waals surface area contributed by atoms with Crippen LogP contribution in [0.2, 0.25) is 0 Å². The lowest BCUT2D eigenvalue weighted by Crippen LogP contribution is -2.08. The second kappa shape index (κ2) is 5.16. The Bertz CT molecular complexity index is 765. The molecule has 0 aliphatic rings. The van der Waals surface area contributed by atoms with Gasteiger partial charge in [-0.05, 0) is 23.6 Å². The number of nitrogen functional groups attached to an aromatic ring is 1. The van der Waals surface area contributed by atoms with E-state index in [2.05, 4.69) is 28.4 Å². The van der Waals surface area contributed by atoms with Gasteiger partial charge in [0, 0.05) is 11.4 Å². The second-order valence-corrected chi connectivity index (χ2v) is 5.48. The highest BCUT2D eigenvalue weighted by Crippen LogP contribution is 2.40. The van der Waals surface area contributed by atoms with Gasteiger partial charge in [-0.25, -0.2) is 15.8 Å². The number of hydrogen-bond donors (Lipinski definition) is 3. The van der Waals surface area contributed by atoms with Crippen molar-refractivity contribution in [2.24, 2.45) is 11.6 Å². The minimum Gasteiger partial charge on any atom is -0.326 e. The highest BCUT2D eigenvalue weighted by molar-refractivity contribution is 7.23. The zero-order valence-corrected chi connectivity index (χ0v) is 11.9. The molecule has 3 rings (SSSR count). The molecule has 5 N–H and O–H groups in total. The number of anilines is 1. The lowest BCUT2D eigenvalue weighted by molar-refractivity contribution is 1.07.